The Labute approximate surface area is 99.8 Å². The number of aromatic nitrogens is 2. The largest absolute Gasteiger partial charge is 0.387 e. The van der Waals surface area contributed by atoms with Crippen LogP contribution in [0.2, 0.25) is 0 Å². The number of rotatable bonds is 3. The summed E-state index contributed by atoms with van der Waals surface area (Å²) in [4.78, 5) is 11.6. The van der Waals surface area contributed by atoms with Gasteiger partial charge < -0.3 is 9.67 Å². The molecular formula is C13H16N2O2. The fourth-order valence-corrected chi connectivity index (χ4v) is 1.89. The van der Waals surface area contributed by atoms with Crippen molar-refractivity contribution in [1.29, 1.82) is 0 Å². The maximum atomic E-state index is 11.6. The number of imidazole rings is 1. The smallest absolute Gasteiger partial charge is 0.327 e. The number of nitrogens with zero attached hydrogens (tertiary/aromatic N) is 2. The molecule has 0 saturated heterocycles. The molecule has 0 aliphatic carbocycles. The molecule has 0 aliphatic rings. The van der Waals surface area contributed by atoms with E-state index in [9.17, 15) is 9.90 Å². The molecule has 1 heterocycles. The van der Waals surface area contributed by atoms with Crippen LogP contribution in [0.5, 0.6) is 0 Å². The summed E-state index contributed by atoms with van der Waals surface area (Å²) < 4.78 is 3.00. The van der Waals surface area contributed by atoms with Crippen LogP contribution in [0.3, 0.4) is 0 Å². The van der Waals surface area contributed by atoms with Crippen molar-refractivity contribution in [2.24, 2.45) is 7.05 Å². The van der Waals surface area contributed by atoms with Crippen LogP contribution >= 0.6 is 0 Å². The van der Waals surface area contributed by atoms with E-state index in [2.05, 4.69) is 0 Å². The maximum absolute atomic E-state index is 11.6. The van der Waals surface area contributed by atoms with E-state index in [1.54, 1.807) is 19.4 Å². The first-order valence-electron chi connectivity index (χ1n) is 5.55. The molecule has 0 saturated carbocycles. The van der Waals surface area contributed by atoms with Gasteiger partial charge in [0.1, 0.15) is 0 Å². The highest BCUT2D eigenvalue weighted by Gasteiger charge is 2.12. The zero-order valence-corrected chi connectivity index (χ0v) is 10.00. The number of aryl methyl sites for hydroxylation is 2. The van der Waals surface area contributed by atoms with Gasteiger partial charge in [-0.25, -0.2) is 4.79 Å². The summed E-state index contributed by atoms with van der Waals surface area (Å²) in [5.41, 5.74) is 1.78. The monoisotopic (exact) mass is 232 g/mol. The number of hydrogen-bond acceptors (Lipinski definition) is 2. The van der Waals surface area contributed by atoms with Crippen LogP contribution in [-0.4, -0.2) is 14.2 Å². The Bertz CT molecular complexity index is 569. The molecule has 1 atom stereocenters. The molecule has 90 valence electrons. The number of aliphatic hydroxyl groups excluding tert-OH is 1. The highest BCUT2D eigenvalue weighted by molar-refractivity contribution is 5.27. The zero-order valence-electron chi connectivity index (χ0n) is 10.00. The van der Waals surface area contributed by atoms with Crippen molar-refractivity contribution in [3.63, 3.8) is 0 Å². The van der Waals surface area contributed by atoms with Crippen LogP contribution in [-0.2, 0) is 13.6 Å². The van der Waals surface area contributed by atoms with Gasteiger partial charge in [0, 0.05) is 19.4 Å². The van der Waals surface area contributed by atoms with E-state index in [-0.39, 0.29) is 12.2 Å². The molecule has 1 N–H and O–H groups in total. The van der Waals surface area contributed by atoms with Gasteiger partial charge >= 0.3 is 5.69 Å². The summed E-state index contributed by atoms with van der Waals surface area (Å²) in [6.45, 7) is 2.23. The molecule has 17 heavy (non-hydrogen) atoms. The first-order chi connectivity index (χ1) is 8.09. The second-order valence-electron chi connectivity index (χ2n) is 4.22. The topological polar surface area (TPSA) is 47.2 Å². The summed E-state index contributed by atoms with van der Waals surface area (Å²) in [5, 5.41) is 10.1. The molecular weight excluding hydrogens is 216 g/mol. The lowest BCUT2D eigenvalue weighted by molar-refractivity contribution is 0.154. The number of aliphatic hydroxyl groups is 1. The van der Waals surface area contributed by atoms with Crippen molar-refractivity contribution in [1.82, 2.24) is 9.13 Å². The molecule has 2 rings (SSSR count). The standard InChI is InChI=1S/C13H16N2O2/c1-10-5-3-4-6-11(10)12(16)9-15-8-7-14(2)13(15)17/h3-8,12,16H,9H2,1-2H3. The van der Waals surface area contributed by atoms with Crippen LogP contribution in [0, 0.1) is 6.92 Å². The SMILES string of the molecule is Cc1ccccc1C(O)Cn1ccn(C)c1=O. The van der Waals surface area contributed by atoms with E-state index in [1.165, 1.54) is 9.13 Å². The Kier molecular flexibility index (Phi) is 3.15. The Morgan fingerprint density at radius 1 is 1.29 bits per heavy atom. The number of hydrogen-bond donors (Lipinski definition) is 1. The van der Waals surface area contributed by atoms with Crippen molar-refractivity contribution in [2.75, 3.05) is 0 Å². The van der Waals surface area contributed by atoms with E-state index < -0.39 is 6.10 Å². The molecule has 2 aromatic rings. The second-order valence-corrected chi connectivity index (χ2v) is 4.22. The average Bonchev–Trinajstić information content (AvgIpc) is 2.61. The Morgan fingerprint density at radius 2 is 2.00 bits per heavy atom. The van der Waals surface area contributed by atoms with Crippen LogP contribution in [0.15, 0.2) is 41.5 Å². The third kappa shape index (κ3) is 2.31. The van der Waals surface area contributed by atoms with Gasteiger partial charge in [-0.1, -0.05) is 24.3 Å². The summed E-state index contributed by atoms with van der Waals surface area (Å²) in [6.07, 6.45) is 2.72. The van der Waals surface area contributed by atoms with Gasteiger partial charge in [0.25, 0.3) is 0 Å². The molecule has 4 heteroatoms. The highest BCUT2D eigenvalue weighted by Crippen LogP contribution is 2.18. The molecule has 1 aromatic carbocycles. The normalized spacial score (nSPS) is 12.6. The second kappa shape index (κ2) is 4.59. The van der Waals surface area contributed by atoms with Crippen molar-refractivity contribution < 1.29 is 5.11 Å². The van der Waals surface area contributed by atoms with Crippen LogP contribution in [0.1, 0.15) is 17.2 Å². The minimum Gasteiger partial charge on any atom is -0.387 e. The molecule has 1 unspecified atom stereocenters. The summed E-state index contributed by atoms with van der Waals surface area (Å²) >= 11 is 0. The number of benzene rings is 1. The van der Waals surface area contributed by atoms with Gasteiger partial charge in [-0.15, -0.1) is 0 Å². The van der Waals surface area contributed by atoms with E-state index in [1.807, 2.05) is 31.2 Å². The van der Waals surface area contributed by atoms with Gasteiger partial charge in [-0.05, 0) is 18.1 Å². The molecule has 1 aromatic heterocycles. The Hall–Kier alpha value is -1.81. The van der Waals surface area contributed by atoms with E-state index in [0.717, 1.165) is 11.1 Å². The minimum atomic E-state index is -0.656. The lowest BCUT2D eigenvalue weighted by Gasteiger charge is -2.13. The minimum absolute atomic E-state index is 0.113. The van der Waals surface area contributed by atoms with E-state index in [0.29, 0.717) is 0 Å². The first-order valence-corrected chi connectivity index (χ1v) is 5.55. The van der Waals surface area contributed by atoms with Gasteiger partial charge in [0.2, 0.25) is 0 Å². The van der Waals surface area contributed by atoms with Crippen molar-refractivity contribution in [3.05, 3.63) is 58.3 Å². The molecule has 0 fully saturated rings. The third-order valence-electron chi connectivity index (χ3n) is 2.93. The van der Waals surface area contributed by atoms with E-state index in [4.69, 9.17) is 0 Å². The van der Waals surface area contributed by atoms with Crippen molar-refractivity contribution >= 4 is 0 Å². The quantitative estimate of drug-likeness (QED) is 0.865. The first kappa shape index (κ1) is 11.7. The molecule has 0 aliphatic heterocycles. The van der Waals surface area contributed by atoms with E-state index >= 15 is 0 Å². The van der Waals surface area contributed by atoms with Crippen molar-refractivity contribution in [3.8, 4) is 0 Å². The van der Waals surface area contributed by atoms with Gasteiger partial charge in [0.05, 0.1) is 12.6 Å². The molecule has 0 spiro atoms. The lowest BCUT2D eigenvalue weighted by atomic mass is 10.0. The van der Waals surface area contributed by atoms with Crippen LogP contribution in [0.4, 0.5) is 0 Å². The molecule has 0 radical (unpaired) electrons. The highest BCUT2D eigenvalue weighted by atomic mass is 16.3. The molecule has 4 nitrogen and oxygen atoms in total. The van der Waals surface area contributed by atoms with Crippen LogP contribution in [0.25, 0.3) is 0 Å². The fourth-order valence-electron chi connectivity index (χ4n) is 1.89. The van der Waals surface area contributed by atoms with Gasteiger partial charge in [0.15, 0.2) is 0 Å². The van der Waals surface area contributed by atoms with Crippen LogP contribution < -0.4 is 5.69 Å². The maximum Gasteiger partial charge on any atom is 0.327 e. The lowest BCUT2D eigenvalue weighted by Crippen LogP contribution is -2.24. The predicted octanol–water partition coefficient (Wildman–Crippen LogP) is 1.23. The zero-order chi connectivity index (χ0) is 12.4. The van der Waals surface area contributed by atoms with Gasteiger partial charge in [-0.2, -0.15) is 0 Å². The fraction of sp³-hybridized carbons (Fsp3) is 0.308. The summed E-state index contributed by atoms with van der Waals surface area (Å²) in [5.74, 6) is 0. The van der Waals surface area contributed by atoms with Gasteiger partial charge in [-0.3, -0.25) is 4.57 Å². The summed E-state index contributed by atoms with van der Waals surface area (Å²) in [6, 6.07) is 7.65. The summed E-state index contributed by atoms with van der Waals surface area (Å²) in [7, 11) is 1.69. The van der Waals surface area contributed by atoms with Crippen molar-refractivity contribution in [2.45, 2.75) is 19.6 Å². The average molecular weight is 232 g/mol. The third-order valence-corrected chi connectivity index (χ3v) is 2.93. The molecule has 0 amide bonds. The Balaban J connectivity index is 2.23. The predicted molar refractivity (Wildman–Crippen MR) is 65.8 cm³/mol. The Morgan fingerprint density at radius 3 is 2.59 bits per heavy atom. The molecule has 0 bridgehead atoms.